The molecule has 190 valence electrons. The fourth-order valence-electron chi connectivity index (χ4n) is 4.12. The lowest BCUT2D eigenvalue weighted by atomic mass is 10.1. The van der Waals surface area contributed by atoms with Crippen molar-refractivity contribution in [2.75, 3.05) is 5.73 Å². The number of fused-ring (bicyclic) bond motifs is 1. The Hall–Kier alpha value is -4.32. The molecule has 0 saturated carbocycles. The molecule has 4 N–H and O–H groups in total. The number of carbonyl (C=O) groups excluding carboxylic acids is 1. The number of halogens is 4. The van der Waals surface area contributed by atoms with Gasteiger partial charge in [-0.05, 0) is 19.1 Å². The molecule has 4 aromatic rings. The first-order valence-electron chi connectivity index (χ1n) is 11.0. The van der Waals surface area contributed by atoms with Crippen molar-refractivity contribution in [1.29, 1.82) is 0 Å². The lowest BCUT2D eigenvalue weighted by Crippen LogP contribution is -2.39. The van der Waals surface area contributed by atoms with Gasteiger partial charge in [0.1, 0.15) is 11.5 Å². The lowest BCUT2D eigenvalue weighted by molar-refractivity contribution is -0.143. The first kappa shape index (κ1) is 24.4. The van der Waals surface area contributed by atoms with E-state index in [1.165, 1.54) is 12.3 Å². The minimum atomic E-state index is -4.90. The third-order valence-corrected chi connectivity index (χ3v) is 6.19. The molecule has 13 heteroatoms. The number of nitrogens with zero attached hydrogens (tertiary/aromatic N) is 5. The lowest BCUT2D eigenvalue weighted by Gasteiger charge is -2.25. The molecule has 1 aliphatic rings. The number of pyridine rings is 1. The second-order valence-electron chi connectivity index (χ2n) is 8.41. The number of amides is 1. The second kappa shape index (κ2) is 8.96. The van der Waals surface area contributed by atoms with Crippen LogP contribution in [0.25, 0.3) is 22.2 Å². The summed E-state index contributed by atoms with van der Waals surface area (Å²) < 4.78 is 45.1. The first-order valence-corrected chi connectivity index (χ1v) is 11.4. The van der Waals surface area contributed by atoms with Gasteiger partial charge in [0.15, 0.2) is 5.69 Å². The highest BCUT2D eigenvalue weighted by atomic mass is 35.5. The maximum atomic E-state index is 14.3. The summed E-state index contributed by atoms with van der Waals surface area (Å²) in [4.78, 5) is 17.1. The SMILES string of the molecule is CC1NC(c2ccn(C)n2)=C(Cl)C=C1NC(=O)c1cnn(-c2cnc(N)c3ccccc23)c1C(F)(F)F. The van der Waals surface area contributed by atoms with E-state index in [0.717, 1.165) is 6.20 Å². The predicted molar refractivity (Wildman–Crippen MR) is 132 cm³/mol. The highest BCUT2D eigenvalue weighted by Crippen LogP contribution is 2.36. The third kappa shape index (κ3) is 4.40. The van der Waals surface area contributed by atoms with Crippen molar-refractivity contribution in [3.63, 3.8) is 0 Å². The van der Waals surface area contributed by atoms with E-state index in [1.54, 1.807) is 55.2 Å². The van der Waals surface area contributed by atoms with Crippen molar-refractivity contribution in [1.82, 2.24) is 35.2 Å². The monoisotopic (exact) mass is 528 g/mol. The molecule has 9 nitrogen and oxygen atoms in total. The summed E-state index contributed by atoms with van der Waals surface area (Å²) in [6.45, 7) is 1.73. The van der Waals surface area contributed by atoms with Gasteiger partial charge in [-0.15, -0.1) is 0 Å². The molecule has 0 saturated heterocycles. The highest BCUT2D eigenvalue weighted by molar-refractivity contribution is 6.34. The van der Waals surface area contributed by atoms with Crippen molar-refractivity contribution in [2.45, 2.75) is 19.1 Å². The summed E-state index contributed by atoms with van der Waals surface area (Å²) in [6.07, 6.45) is 0.401. The number of dihydropyridines is 1. The summed E-state index contributed by atoms with van der Waals surface area (Å²) in [7, 11) is 1.76. The molecule has 1 aromatic carbocycles. The molecule has 5 rings (SSSR count). The van der Waals surface area contributed by atoms with Crippen LogP contribution >= 0.6 is 11.6 Å². The zero-order valence-electron chi connectivity index (χ0n) is 19.5. The maximum absolute atomic E-state index is 14.3. The van der Waals surface area contributed by atoms with Crippen LogP contribution in [0.1, 0.15) is 28.7 Å². The molecule has 3 aromatic heterocycles. The molecule has 1 atom stereocenters. The van der Waals surface area contributed by atoms with E-state index in [1.807, 2.05) is 0 Å². The number of aromatic nitrogens is 5. The molecular weight excluding hydrogens is 509 g/mol. The minimum Gasteiger partial charge on any atom is -0.383 e. The highest BCUT2D eigenvalue weighted by Gasteiger charge is 2.41. The van der Waals surface area contributed by atoms with Crippen LogP contribution in [-0.4, -0.2) is 36.5 Å². The average molecular weight is 529 g/mol. The van der Waals surface area contributed by atoms with Crippen LogP contribution in [0.4, 0.5) is 19.0 Å². The Balaban J connectivity index is 1.53. The molecule has 0 aliphatic carbocycles. The summed E-state index contributed by atoms with van der Waals surface area (Å²) in [5.74, 6) is -0.823. The van der Waals surface area contributed by atoms with Crippen LogP contribution < -0.4 is 16.4 Å². The first-order chi connectivity index (χ1) is 17.5. The van der Waals surface area contributed by atoms with Gasteiger partial charge in [0.05, 0.1) is 40.4 Å². The molecule has 37 heavy (non-hydrogen) atoms. The number of alkyl halides is 3. The van der Waals surface area contributed by atoms with Crippen LogP contribution in [0.5, 0.6) is 0 Å². The Kier molecular flexibility index (Phi) is 5.91. The standard InChI is InChI=1S/C24H20ClF3N8O/c1-12-18(9-16(25)20(32-12)17-7-8-35(2)34-17)33-23(37)15-10-31-36(21(15)24(26,27)28)19-11-30-22(29)14-6-4-3-5-13(14)19/h3-12,32H,1-2H3,(H2,29,30)(H,33,37). The summed E-state index contributed by atoms with van der Waals surface area (Å²) in [5, 5.41) is 15.0. The van der Waals surface area contributed by atoms with Gasteiger partial charge in [-0.3, -0.25) is 9.48 Å². The molecule has 4 heterocycles. The molecule has 1 amide bonds. The van der Waals surface area contributed by atoms with Crippen LogP contribution in [-0.2, 0) is 13.2 Å². The summed E-state index contributed by atoms with van der Waals surface area (Å²) in [5.41, 5.74) is 5.45. The number of nitrogen functional groups attached to an aromatic ring is 1. The zero-order chi connectivity index (χ0) is 26.5. The van der Waals surface area contributed by atoms with E-state index in [0.29, 0.717) is 26.8 Å². The van der Waals surface area contributed by atoms with Gasteiger partial charge in [0, 0.05) is 29.7 Å². The Morgan fingerprint density at radius 1 is 1.19 bits per heavy atom. The van der Waals surface area contributed by atoms with Gasteiger partial charge >= 0.3 is 6.18 Å². The summed E-state index contributed by atoms with van der Waals surface area (Å²) in [6, 6.07) is 7.90. The van der Waals surface area contributed by atoms with E-state index in [-0.39, 0.29) is 22.2 Å². The smallest absolute Gasteiger partial charge is 0.383 e. The number of hydrogen-bond donors (Lipinski definition) is 3. The van der Waals surface area contributed by atoms with Crippen LogP contribution in [0.3, 0.4) is 0 Å². The topological polar surface area (TPSA) is 116 Å². The normalized spacial score (nSPS) is 16.1. The van der Waals surface area contributed by atoms with Gasteiger partial charge in [-0.1, -0.05) is 35.9 Å². The van der Waals surface area contributed by atoms with E-state index in [2.05, 4.69) is 25.8 Å². The quantitative estimate of drug-likeness (QED) is 0.369. The van der Waals surface area contributed by atoms with Gasteiger partial charge in [-0.2, -0.15) is 23.4 Å². The molecule has 0 radical (unpaired) electrons. The van der Waals surface area contributed by atoms with Crippen LogP contribution in [0, 0.1) is 0 Å². The number of benzene rings is 1. The number of hydrogen-bond acceptors (Lipinski definition) is 6. The van der Waals surface area contributed by atoms with Gasteiger partial charge in [0.25, 0.3) is 5.91 Å². The maximum Gasteiger partial charge on any atom is 0.434 e. The van der Waals surface area contributed by atoms with E-state index >= 15 is 0 Å². The number of nitrogens with two attached hydrogens (primary N) is 1. The van der Waals surface area contributed by atoms with Gasteiger partial charge in [-0.25, -0.2) is 9.67 Å². The Bertz CT molecular complexity index is 1600. The minimum absolute atomic E-state index is 0.0362. The molecule has 1 unspecified atom stereocenters. The van der Waals surface area contributed by atoms with E-state index in [4.69, 9.17) is 17.3 Å². The summed E-state index contributed by atoms with van der Waals surface area (Å²) >= 11 is 6.40. The largest absolute Gasteiger partial charge is 0.434 e. The fraction of sp³-hybridized carbons (Fsp3) is 0.167. The Morgan fingerprint density at radius 3 is 2.59 bits per heavy atom. The van der Waals surface area contributed by atoms with E-state index < -0.39 is 29.4 Å². The second-order valence-corrected chi connectivity index (χ2v) is 8.82. The van der Waals surface area contributed by atoms with Crippen molar-refractivity contribution in [2.24, 2.45) is 7.05 Å². The third-order valence-electron chi connectivity index (χ3n) is 5.89. The van der Waals surface area contributed by atoms with Crippen LogP contribution in [0.2, 0.25) is 0 Å². The van der Waals surface area contributed by atoms with Crippen molar-refractivity contribution in [3.8, 4) is 5.69 Å². The van der Waals surface area contributed by atoms with Crippen molar-refractivity contribution in [3.05, 3.63) is 82.7 Å². The number of anilines is 1. The number of rotatable bonds is 4. The molecule has 0 spiro atoms. The number of aryl methyl sites for hydroxylation is 1. The molecular formula is C24H20ClF3N8O. The van der Waals surface area contributed by atoms with E-state index in [9.17, 15) is 18.0 Å². The fourth-order valence-corrected chi connectivity index (χ4v) is 4.39. The average Bonchev–Trinajstić information content (AvgIpc) is 3.48. The number of allylic oxidation sites excluding steroid dienone is 2. The van der Waals surface area contributed by atoms with Gasteiger partial charge < -0.3 is 16.4 Å². The molecule has 0 bridgehead atoms. The molecule has 0 fully saturated rings. The molecule has 1 aliphatic heterocycles. The zero-order valence-corrected chi connectivity index (χ0v) is 20.3. The Labute approximate surface area is 213 Å². The van der Waals surface area contributed by atoms with Crippen molar-refractivity contribution < 1.29 is 18.0 Å². The number of nitrogens with one attached hydrogen (secondary N) is 2. The Morgan fingerprint density at radius 2 is 1.92 bits per heavy atom. The predicted octanol–water partition coefficient (Wildman–Crippen LogP) is 3.97. The van der Waals surface area contributed by atoms with Gasteiger partial charge in [0.2, 0.25) is 0 Å². The van der Waals surface area contributed by atoms with Crippen molar-refractivity contribution >= 4 is 39.8 Å². The van der Waals surface area contributed by atoms with Crippen LogP contribution in [0.15, 0.2) is 65.7 Å². The number of carbonyl (C=O) groups is 1.